The van der Waals surface area contributed by atoms with Crippen LogP contribution in [-0.2, 0) is 11.3 Å². The summed E-state index contributed by atoms with van der Waals surface area (Å²) in [5.74, 6) is 0.947. The summed E-state index contributed by atoms with van der Waals surface area (Å²) in [5.41, 5.74) is 1.12. The average Bonchev–Trinajstić information content (AvgIpc) is 2.48. The summed E-state index contributed by atoms with van der Waals surface area (Å²) in [6.07, 6.45) is 4.09. The van der Waals surface area contributed by atoms with Crippen molar-refractivity contribution in [3.8, 4) is 0 Å². The summed E-state index contributed by atoms with van der Waals surface area (Å²) in [6, 6.07) is 7.67. The number of hydrogen-bond donors (Lipinski definition) is 1. The van der Waals surface area contributed by atoms with E-state index >= 15 is 0 Å². The number of nitrogens with zero attached hydrogens (tertiary/aromatic N) is 1. The highest BCUT2D eigenvalue weighted by molar-refractivity contribution is 6.30. The van der Waals surface area contributed by atoms with Gasteiger partial charge in [0.15, 0.2) is 0 Å². The average molecular weight is 331 g/mol. The zero-order chi connectivity index (χ0) is 14.4. The molecule has 1 aromatic rings. The van der Waals surface area contributed by atoms with Crippen LogP contribution in [0.3, 0.4) is 0 Å². The van der Waals surface area contributed by atoms with Crippen LogP contribution in [0.15, 0.2) is 24.3 Å². The smallest absolute Gasteiger partial charge is 0.222 e. The van der Waals surface area contributed by atoms with E-state index in [2.05, 4.69) is 5.32 Å². The largest absolute Gasteiger partial charge is 0.341 e. The molecule has 0 aliphatic carbocycles. The number of carbonyl (C=O) groups is 1. The number of nitrogens with one attached hydrogen (secondary N) is 1. The van der Waals surface area contributed by atoms with Crippen molar-refractivity contribution in [2.45, 2.75) is 32.2 Å². The fourth-order valence-electron chi connectivity index (χ4n) is 2.64. The minimum atomic E-state index is 0. The van der Waals surface area contributed by atoms with Crippen molar-refractivity contribution in [1.29, 1.82) is 0 Å². The lowest BCUT2D eigenvalue weighted by Gasteiger charge is -2.23. The lowest BCUT2D eigenvalue weighted by molar-refractivity contribution is -0.130. The highest BCUT2D eigenvalue weighted by Crippen LogP contribution is 2.18. The first kappa shape index (κ1) is 18.3. The predicted octanol–water partition coefficient (Wildman–Crippen LogP) is 3.50. The molecule has 0 atom stereocenters. The fraction of sp³-hybridized carbons (Fsp3) is 0.562. The molecule has 1 aliphatic heterocycles. The van der Waals surface area contributed by atoms with Gasteiger partial charge in [0.25, 0.3) is 0 Å². The Kier molecular flexibility index (Phi) is 8.09. The van der Waals surface area contributed by atoms with Crippen LogP contribution in [-0.4, -0.2) is 30.9 Å². The van der Waals surface area contributed by atoms with E-state index in [1.54, 1.807) is 0 Å². The molecule has 0 saturated carbocycles. The Bertz CT molecular complexity index is 430. The van der Waals surface area contributed by atoms with Crippen LogP contribution in [0.5, 0.6) is 0 Å². The second kappa shape index (κ2) is 9.29. The van der Waals surface area contributed by atoms with Gasteiger partial charge in [-0.2, -0.15) is 0 Å². The van der Waals surface area contributed by atoms with Gasteiger partial charge in [0.2, 0.25) is 5.91 Å². The van der Waals surface area contributed by atoms with E-state index in [1.807, 2.05) is 36.2 Å². The highest BCUT2D eigenvalue weighted by Gasteiger charge is 2.16. The number of halogens is 2. The molecule has 1 heterocycles. The molecule has 0 spiro atoms. The molecule has 0 bridgehead atoms. The first-order valence-electron chi connectivity index (χ1n) is 7.34. The summed E-state index contributed by atoms with van der Waals surface area (Å²) in [6.45, 7) is 2.85. The summed E-state index contributed by atoms with van der Waals surface area (Å²) in [5, 5.41) is 4.09. The topological polar surface area (TPSA) is 32.3 Å². The van der Waals surface area contributed by atoms with Crippen LogP contribution in [0.1, 0.15) is 31.2 Å². The summed E-state index contributed by atoms with van der Waals surface area (Å²) in [7, 11) is 1.87. The number of rotatable bonds is 5. The van der Waals surface area contributed by atoms with Gasteiger partial charge < -0.3 is 10.2 Å². The van der Waals surface area contributed by atoms with E-state index in [0.29, 0.717) is 18.9 Å². The monoisotopic (exact) mass is 330 g/mol. The van der Waals surface area contributed by atoms with Gasteiger partial charge in [-0.15, -0.1) is 12.4 Å². The maximum Gasteiger partial charge on any atom is 0.222 e. The molecule has 0 aromatic heterocycles. The van der Waals surface area contributed by atoms with Crippen LogP contribution in [0.4, 0.5) is 0 Å². The quantitative estimate of drug-likeness (QED) is 0.896. The lowest BCUT2D eigenvalue weighted by atomic mass is 9.93. The zero-order valence-corrected chi connectivity index (χ0v) is 14.1. The first-order valence-corrected chi connectivity index (χ1v) is 7.72. The van der Waals surface area contributed by atoms with Gasteiger partial charge in [-0.05, 0) is 56.0 Å². The SMILES string of the molecule is CN(Cc1ccc(Cl)cc1)C(=O)CCC1CCNCC1.Cl. The van der Waals surface area contributed by atoms with Crippen molar-refractivity contribution in [1.82, 2.24) is 10.2 Å². The van der Waals surface area contributed by atoms with Crippen molar-refractivity contribution in [2.75, 3.05) is 20.1 Å². The zero-order valence-electron chi connectivity index (χ0n) is 12.5. The first-order chi connectivity index (χ1) is 9.65. The molecular formula is C16H24Cl2N2O. The van der Waals surface area contributed by atoms with E-state index < -0.39 is 0 Å². The standard InChI is InChI=1S/C16H23ClN2O.ClH/c1-19(12-14-2-5-15(17)6-3-14)16(20)7-4-13-8-10-18-11-9-13;/h2-3,5-6,13,18H,4,7-12H2,1H3;1H. The molecule has 1 aromatic carbocycles. The van der Waals surface area contributed by atoms with Gasteiger partial charge in [0.1, 0.15) is 0 Å². The molecule has 118 valence electrons. The van der Waals surface area contributed by atoms with Crippen LogP contribution < -0.4 is 5.32 Å². The predicted molar refractivity (Wildman–Crippen MR) is 90.0 cm³/mol. The Labute approximate surface area is 138 Å². The van der Waals surface area contributed by atoms with E-state index in [0.717, 1.165) is 30.1 Å². The molecule has 21 heavy (non-hydrogen) atoms. The van der Waals surface area contributed by atoms with Gasteiger partial charge >= 0.3 is 0 Å². The molecule has 1 fully saturated rings. The van der Waals surface area contributed by atoms with Crippen LogP contribution in [0, 0.1) is 5.92 Å². The minimum absolute atomic E-state index is 0. The number of benzene rings is 1. The molecule has 1 N–H and O–H groups in total. The molecule has 0 radical (unpaired) electrons. The normalized spacial score (nSPS) is 15.3. The Hall–Kier alpha value is -0.770. The fourth-order valence-corrected chi connectivity index (χ4v) is 2.77. The molecular weight excluding hydrogens is 307 g/mol. The van der Waals surface area contributed by atoms with Crippen molar-refractivity contribution < 1.29 is 4.79 Å². The minimum Gasteiger partial charge on any atom is -0.341 e. The third kappa shape index (κ3) is 6.25. The number of hydrogen-bond acceptors (Lipinski definition) is 2. The molecule has 0 unspecified atom stereocenters. The van der Waals surface area contributed by atoms with E-state index in [4.69, 9.17) is 11.6 Å². The van der Waals surface area contributed by atoms with Crippen LogP contribution in [0.25, 0.3) is 0 Å². The third-order valence-corrected chi connectivity index (χ3v) is 4.24. The Morgan fingerprint density at radius 1 is 1.29 bits per heavy atom. The summed E-state index contributed by atoms with van der Waals surface area (Å²) < 4.78 is 0. The van der Waals surface area contributed by atoms with E-state index in [1.165, 1.54) is 12.8 Å². The number of amides is 1. The van der Waals surface area contributed by atoms with Crippen LogP contribution >= 0.6 is 24.0 Å². The van der Waals surface area contributed by atoms with Crippen molar-refractivity contribution in [3.63, 3.8) is 0 Å². The van der Waals surface area contributed by atoms with Crippen molar-refractivity contribution >= 4 is 29.9 Å². The van der Waals surface area contributed by atoms with Crippen LogP contribution in [0.2, 0.25) is 5.02 Å². The second-order valence-corrected chi connectivity index (χ2v) is 6.04. The lowest BCUT2D eigenvalue weighted by Crippen LogP contribution is -2.30. The molecule has 3 nitrogen and oxygen atoms in total. The highest BCUT2D eigenvalue weighted by atomic mass is 35.5. The number of piperidine rings is 1. The van der Waals surface area contributed by atoms with Crippen molar-refractivity contribution in [2.24, 2.45) is 5.92 Å². The molecule has 1 saturated heterocycles. The van der Waals surface area contributed by atoms with Gasteiger partial charge in [0, 0.05) is 25.0 Å². The summed E-state index contributed by atoms with van der Waals surface area (Å²) in [4.78, 5) is 14.0. The van der Waals surface area contributed by atoms with E-state index in [-0.39, 0.29) is 18.3 Å². The Morgan fingerprint density at radius 2 is 1.90 bits per heavy atom. The Morgan fingerprint density at radius 3 is 2.52 bits per heavy atom. The van der Waals surface area contributed by atoms with Crippen molar-refractivity contribution in [3.05, 3.63) is 34.9 Å². The van der Waals surface area contributed by atoms with Gasteiger partial charge in [-0.1, -0.05) is 23.7 Å². The maximum atomic E-state index is 12.1. The van der Waals surface area contributed by atoms with Gasteiger partial charge in [-0.3, -0.25) is 4.79 Å². The molecule has 1 amide bonds. The molecule has 1 aliphatic rings. The second-order valence-electron chi connectivity index (χ2n) is 5.61. The number of carbonyl (C=O) groups excluding carboxylic acids is 1. The Balaban J connectivity index is 0.00000220. The van der Waals surface area contributed by atoms with Gasteiger partial charge in [-0.25, -0.2) is 0 Å². The maximum absolute atomic E-state index is 12.1. The molecule has 5 heteroatoms. The van der Waals surface area contributed by atoms with E-state index in [9.17, 15) is 4.79 Å². The summed E-state index contributed by atoms with van der Waals surface area (Å²) >= 11 is 5.86. The molecule has 2 rings (SSSR count). The van der Waals surface area contributed by atoms with Gasteiger partial charge in [0.05, 0.1) is 0 Å². The third-order valence-electron chi connectivity index (χ3n) is 3.98.